The van der Waals surface area contributed by atoms with E-state index < -0.39 is 6.61 Å². The zero-order chi connectivity index (χ0) is 18.4. The molecule has 0 spiro atoms. The molecule has 0 radical (unpaired) electrons. The maximum absolute atomic E-state index is 12.2. The van der Waals surface area contributed by atoms with E-state index in [2.05, 4.69) is 20.0 Å². The summed E-state index contributed by atoms with van der Waals surface area (Å²) in [4.78, 5) is 20.1. The third-order valence-electron chi connectivity index (χ3n) is 3.21. The van der Waals surface area contributed by atoms with Gasteiger partial charge in [0.25, 0.3) is 5.91 Å². The van der Waals surface area contributed by atoms with Gasteiger partial charge in [0.2, 0.25) is 0 Å². The van der Waals surface area contributed by atoms with E-state index in [1.165, 1.54) is 24.3 Å². The van der Waals surface area contributed by atoms with Crippen LogP contribution in [0.4, 0.5) is 14.5 Å². The van der Waals surface area contributed by atoms with Crippen molar-refractivity contribution in [3.8, 4) is 17.5 Å². The Labute approximate surface area is 147 Å². The number of amides is 1. The summed E-state index contributed by atoms with van der Waals surface area (Å²) >= 11 is 0. The summed E-state index contributed by atoms with van der Waals surface area (Å²) in [5.41, 5.74) is 0.855. The molecule has 3 aromatic rings. The summed E-state index contributed by atoms with van der Waals surface area (Å²) in [6.45, 7) is -2.91. The minimum atomic E-state index is -2.91. The van der Waals surface area contributed by atoms with Crippen LogP contribution in [0.25, 0.3) is 0 Å². The number of hydrogen-bond donors (Lipinski definition) is 1. The second-order valence-electron chi connectivity index (χ2n) is 5.01. The van der Waals surface area contributed by atoms with Gasteiger partial charge < -0.3 is 14.8 Å². The van der Waals surface area contributed by atoms with Crippen LogP contribution in [-0.2, 0) is 0 Å². The number of ether oxygens (including phenoxy) is 2. The molecule has 1 heterocycles. The van der Waals surface area contributed by atoms with Crippen molar-refractivity contribution in [2.24, 2.45) is 0 Å². The predicted octanol–water partition coefficient (Wildman–Crippen LogP) is 4.12. The first kappa shape index (κ1) is 17.3. The zero-order valence-corrected chi connectivity index (χ0v) is 13.3. The highest BCUT2D eigenvalue weighted by molar-refractivity contribution is 6.04. The van der Waals surface area contributed by atoms with Gasteiger partial charge in [0.1, 0.15) is 11.5 Å². The summed E-state index contributed by atoms with van der Waals surface area (Å²) in [6, 6.07) is 13.9. The average Bonchev–Trinajstić information content (AvgIpc) is 2.64. The Morgan fingerprint density at radius 2 is 1.54 bits per heavy atom. The van der Waals surface area contributed by atoms with Crippen LogP contribution in [0.2, 0.25) is 0 Å². The van der Waals surface area contributed by atoms with Crippen molar-refractivity contribution in [1.29, 1.82) is 0 Å². The van der Waals surface area contributed by atoms with E-state index in [0.717, 1.165) is 0 Å². The topological polar surface area (TPSA) is 73.3 Å². The van der Waals surface area contributed by atoms with E-state index in [0.29, 0.717) is 17.0 Å². The number of benzene rings is 2. The molecule has 1 N–H and O–H groups in total. The molecule has 0 fully saturated rings. The predicted molar refractivity (Wildman–Crippen MR) is 89.6 cm³/mol. The Balaban J connectivity index is 1.60. The van der Waals surface area contributed by atoms with E-state index in [1.807, 2.05) is 0 Å². The van der Waals surface area contributed by atoms with Gasteiger partial charge in [-0.25, -0.2) is 9.97 Å². The number of nitrogens with zero attached hydrogens (tertiary/aromatic N) is 2. The third kappa shape index (κ3) is 4.73. The Morgan fingerprint density at radius 1 is 0.923 bits per heavy atom. The van der Waals surface area contributed by atoms with Crippen LogP contribution >= 0.6 is 0 Å². The molecule has 0 unspecified atom stereocenters. The van der Waals surface area contributed by atoms with Crippen molar-refractivity contribution >= 4 is 11.6 Å². The SMILES string of the molecule is O=C(Nc1ccc(Oc2ncccn2)cc1)c1ccc(OC(F)F)cc1. The normalized spacial score (nSPS) is 10.4. The third-order valence-corrected chi connectivity index (χ3v) is 3.21. The lowest BCUT2D eigenvalue weighted by atomic mass is 10.2. The standard InChI is InChI=1S/C18H13F2N3O3/c19-17(20)25-14-6-2-12(3-7-14)16(24)23-13-4-8-15(9-5-13)26-18-21-10-1-11-22-18/h1-11,17H,(H,23,24). The molecule has 3 rings (SSSR count). The molecule has 0 saturated carbocycles. The lowest BCUT2D eigenvalue weighted by molar-refractivity contribution is -0.0498. The van der Waals surface area contributed by atoms with Gasteiger partial charge >= 0.3 is 12.6 Å². The van der Waals surface area contributed by atoms with E-state index in [9.17, 15) is 13.6 Å². The van der Waals surface area contributed by atoms with E-state index in [1.54, 1.807) is 42.7 Å². The highest BCUT2D eigenvalue weighted by atomic mass is 19.3. The van der Waals surface area contributed by atoms with Crippen molar-refractivity contribution in [1.82, 2.24) is 9.97 Å². The maximum Gasteiger partial charge on any atom is 0.387 e. The Kier molecular flexibility index (Phi) is 5.33. The number of carbonyl (C=O) groups excluding carboxylic acids is 1. The fraction of sp³-hybridized carbons (Fsp3) is 0.0556. The minimum absolute atomic E-state index is 0.0128. The molecule has 8 heteroatoms. The summed E-state index contributed by atoms with van der Waals surface area (Å²) < 4.78 is 33.9. The molecule has 0 aliphatic heterocycles. The first-order chi connectivity index (χ1) is 12.6. The number of carbonyl (C=O) groups is 1. The van der Waals surface area contributed by atoms with Crippen LogP contribution in [0.1, 0.15) is 10.4 Å². The van der Waals surface area contributed by atoms with Crippen LogP contribution in [0, 0.1) is 0 Å². The van der Waals surface area contributed by atoms with Crippen molar-refractivity contribution in [3.63, 3.8) is 0 Å². The lowest BCUT2D eigenvalue weighted by Gasteiger charge is -2.08. The zero-order valence-electron chi connectivity index (χ0n) is 13.3. The molecule has 2 aromatic carbocycles. The van der Waals surface area contributed by atoms with Gasteiger partial charge in [-0.1, -0.05) is 0 Å². The van der Waals surface area contributed by atoms with Gasteiger partial charge in [0.15, 0.2) is 0 Å². The molecule has 1 amide bonds. The molecule has 0 bridgehead atoms. The summed E-state index contributed by atoms with van der Waals surface area (Å²) in [6.07, 6.45) is 3.13. The molecule has 0 saturated heterocycles. The number of nitrogens with one attached hydrogen (secondary N) is 1. The lowest BCUT2D eigenvalue weighted by Crippen LogP contribution is -2.11. The first-order valence-corrected chi connectivity index (χ1v) is 7.51. The van der Waals surface area contributed by atoms with E-state index >= 15 is 0 Å². The molecule has 132 valence electrons. The van der Waals surface area contributed by atoms with Crippen molar-refractivity contribution < 1.29 is 23.0 Å². The number of rotatable bonds is 6. The molecular weight excluding hydrogens is 344 g/mol. The fourth-order valence-corrected chi connectivity index (χ4v) is 2.04. The van der Waals surface area contributed by atoms with Crippen LogP contribution < -0.4 is 14.8 Å². The van der Waals surface area contributed by atoms with E-state index in [-0.39, 0.29) is 17.7 Å². The highest BCUT2D eigenvalue weighted by Crippen LogP contribution is 2.21. The van der Waals surface area contributed by atoms with Crippen LogP contribution in [0.5, 0.6) is 17.5 Å². The van der Waals surface area contributed by atoms with Gasteiger partial charge in [0, 0.05) is 23.6 Å². The molecular formula is C18H13F2N3O3. The van der Waals surface area contributed by atoms with Gasteiger partial charge in [-0.05, 0) is 54.6 Å². The largest absolute Gasteiger partial charge is 0.435 e. The van der Waals surface area contributed by atoms with Crippen LogP contribution in [-0.4, -0.2) is 22.5 Å². The van der Waals surface area contributed by atoms with Crippen LogP contribution in [0.15, 0.2) is 67.0 Å². The molecule has 26 heavy (non-hydrogen) atoms. The van der Waals surface area contributed by atoms with Crippen molar-refractivity contribution in [3.05, 3.63) is 72.6 Å². The van der Waals surface area contributed by atoms with Crippen molar-refractivity contribution in [2.45, 2.75) is 6.61 Å². The van der Waals surface area contributed by atoms with E-state index in [4.69, 9.17) is 4.74 Å². The average molecular weight is 357 g/mol. The number of alkyl halides is 2. The number of halogens is 2. The Hall–Kier alpha value is -3.55. The second-order valence-corrected chi connectivity index (χ2v) is 5.01. The monoisotopic (exact) mass is 357 g/mol. The number of hydrogen-bond acceptors (Lipinski definition) is 5. The van der Waals surface area contributed by atoms with Crippen molar-refractivity contribution in [2.75, 3.05) is 5.32 Å². The van der Waals surface area contributed by atoms with Gasteiger partial charge in [0.05, 0.1) is 0 Å². The molecule has 6 nitrogen and oxygen atoms in total. The molecule has 0 aliphatic rings. The second kappa shape index (κ2) is 8.02. The van der Waals surface area contributed by atoms with Gasteiger partial charge in [-0.3, -0.25) is 4.79 Å². The molecule has 1 aromatic heterocycles. The van der Waals surface area contributed by atoms with Gasteiger partial charge in [-0.2, -0.15) is 8.78 Å². The number of aromatic nitrogens is 2. The maximum atomic E-state index is 12.2. The Bertz CT molecular complexity index is 857. The van der Waals surface area contributed by atoms with Crippen LogP contribution in [0.3, 0.4) is 0 Å². The highest BCUT2D eigenvalue weighted by Gasteiger charge is 2.09. The van der Waals surface area contributed by atoms with Gasteiger partial charge in [-0.15, -0.1) is 0 Å². The quantitative estimate of drug-likeness (QED) is 0.718. The smallest absolute Gasteiger partial charge is 0.387 e. The number of anilines is 1. The summed E-state index contributed by atoms with van der Waals surface area (Å²) in [7, 11) is 0. The fourth-order valence-electron chi connectivity index (χ4n) is 2.04. The summed E-state index contributed by atoms with van der Waals surface area (Å²) in [5.74, 6) is 0.123. The summed E-state index contributed by atoms with van der Waals surface area (Å²) in [5, 5.41) is 2.69. The Morgan fingerprint density at radius 3 is 2.15 bits per heavy atom. The molecule has 0 aliphatic carbocycles. The first-order valence-electron chi connectivity index (χ1n) is 7.51. The minimum Gasteiger partial charge on any atom is -0.435 e. The molecule has 0 atom stereocenters.